The minimum atomic E-state index is -0.618. The molecule has 1 fully saturated rings. The summed E-state index contributed by atoms with van der Waals surface area (Å²) in [6.45, 7) is 5.86. The largest absolute Gasteiger partial charge is 0.351 e. The van der Waals surface area contributed by atoms with Gasteiger partial charge in [-0.2, -0.15) is 0 Å². The number of aromatic nitrogens is 1. The number of hydrogen-bond donors (Lipinski definition) is 2. The highest BCUT2D eigenvalue weighted by Crippen LogP contribution is 2.42. The van der Waals surface area contributed by atoms with Crippen molar-refractivity contribution in [2.45, 2.75) is 58.4 Å². The molecule has 1 heterocycles. The molecule has 1 saturated carbocycles. The zero-order valence-corrected chi connectivity index (χ0v) is 15.8. The number of carbonyl (C=O) groups excluding carboxylic acids is 2. The molecule has 0 aliphatic heterocycles. The zero-order chi connectivity index (χ0) is 18.1. The number of rotatable bonds is 4. The van der Waals surface area contributed by atoms with Crippen LogP contribution in [0.15, 0.2) is 24.3 Å². The molecule has 6 heteroatoms. The standard InChI is InChI=1S/C19H25N3O2S/c1-18(2,3)22-15(23)12-19(10-6-7-11-19)16(24)21-17-20-13-8-4-5-9-14(13)25-17/h4-5,8-9H,6-7,10-12H2,1-3H3,(H,22,23)(H,20,21,24). The van der Waals surface area contributed by atoms with Crippen LogP contribution in [0, 0.1) is 5.41 Å². The normalized spacial score (nSPS) is 16.8. The Morgan fingerprint density at radius 2 is 1.88 bits per heavy atom. The highest BCUT2D eigenvalue weighted by Gasteiger charge is 2.43. The zero-order valence-electron chi connectivity index (χ0n) is 15.0. The number of amides is 2. The molecule has 134 valence electrons. The van der Waals surface area contributed by atoms with Gasteiger partial charge in [0.25, 0.3) is 0 Å². The average Bonchev–Trinajstić information content (AvgIpc) is 3.11. The van der Waals surface area contributed by atoms with E-state index >= 15 is 0 Å². The van der Waals surface area contributed by atoms with Crippen molar-refractivity contribution < 1.29 is 9.59 Å². The second kappa shape index (κ2) is 6.75. The first kappa shape index (κ1) is 17.9. The molecule has 2 N–H and O–H groups in total. The molecular weight excluding hydrogens is 334 g/mol. The third-order valence-corrected chi connectivity index (χ3v) is 5.52. The van der Waals surface area contributed by atoms with Crippen LogP contribution in [-0.2, 0) is 9.59 Å². The fourth-order valence-electron chi connectivity index (χ4n) is 3.46. The number of anilines is 1. The Balaban J connectivity index is 1.75. The summed E-state index contributed by atoms with van der Waals surface area (Å²) in [6, 6.07) is 7.82. The van der Waals surface area contributed by atoms with Crippen LogP contribution in [0.25, 0.3) is 10.2 Å². The maximum absolute atomic E-state index is 13.0. The minimum Gasteiger partial charge on any atom is -0.351 e. The lowest BCUT2D eigenvalue weighted by Crippen LogP contribution is -2.45. The Kier molecular flexibility index (Phi) is 4.82. The van der Waals surface area contributed by atoms with Crippen molar-refractivity contribution in [2.75, 3.05) is 5.32 Å². The summed E-state index contributed by atoms with van der Waals surface area (Å²) in [6.07, 6.45) is 3.70. The molecule has 3 rings (SSSR count). The van der Waals surface area contributed by atoms with Crippen molar-refractivity contribution in [3.63, 3.8) is 0 Å². The van der Waals surface area contributed by atoms with E-state index in [1.807, 2.05) is 45.0 Å². The molecule has 1 aromatic carbocycles. The molecule has 0 unspecified atom stereocenters. The van der Waals surface area contributed by atoms with Gasteiger partial charge in [0.05, 0.1) is 15.6 Å². The fourth-order valence-corrected chi connectivity index (χ4v) is 4.32. The van der Waals surface area contributed by atoms with E-state index in [2.05, 4.69) is 15.6 Å². The molecule has 25 heavy (non-hydrogen) atoms. The maximum atomic E-state index is 13.0. The van der Waals surface area contributed by atoms with Crippen molar-refractivity contribution in [3.05, 3.63) is 24.3 Å². The third-order valence-electron chi connectivity index (χ3n) is 4.57. The van der Waals surface area contributed by atoms with E-state index in [1.54, 1.807) is 0 Å². The second-order valence-electron chi connectivity index (χ2n) is 7.90. The molecule has 0 spiro atoms. The van der Waals surface area contributed by atoms with Crippen molar-refractivity contribution in [1.29, 1.82) is 0 Å². The monoisotopic (exact) mass is 359 g/mol. The van der Waals surface area contributed by atoms with Gasteiger partial charge in [-0.1, -0.05) is 36.3 Å². The van der Waals surface area contributed by atoms with Gasteiger partial charge in [0, 0.05) is 12.0 Å². The lowest BCUT2D eigenvalue weighted by molar-refractivity contribution is -0.133. The van der Waals surface area contributed by atoms with E-state index in [1.165, 1.54) is 11.3 Å². The fraction of sp³-hybridized carbons (Fsp3) is 0.526. The summed E-state index contributed by atoms with van der Waals surface area (Å²) in [4.78, 5) is 29.9. The third kappa shape index (κ3) is 4.18. The molecule has 0 atom stereocenters. The summed E-state index contributed by atoms with van der Waals surface area (Å²) < 4.78 is 1.05. The number of nitrogens with zero attached hydrogens (tertiary/aromatic N) is 1. The number of benzene rings is 1. The Labute approximate surface area is 152 Å². The Bertz CT molecular complexity index is 752. The lowest BCUT2D eigenvalue weighted by Gasteiger charge is -2.29. The highest BCUT2D eigenvalue weighted by atomic mass is 32.1. The van der Waals surface area contributed by atoms with Crippen LogP contribution < -0.4 is 10.6 Å². The predicted octanol–water partition coefficient (Wildman–Crippen LogP) is 4.10. The van der Waals surface area contributed by atoms with Gasteiger partial charge in [-0.15, -0.1) is 0 Å². The number of thiazole rings is 1. The number of para-hydroxylation sites is 1. The summed E-state index contributed by atoms with van der Waals surface area (Å²) in [5, 5.41) is 6.56. The predicted molar refractivity (Wildman–Crippen MR) is 102 cm³/mol. The lowest BCUT2D eigenvalue weighted by atomic mass is 9.81. The summed E-state index contributed by atoms with van der Waals surface area (Å²) >= 11 is 1.47. The van der Waals surface area contributed by atoms with E-state index in [4.69, 9.17) is 0 Å². The molecular formula is C19H25N3O2S. The summed E-state index contributed by atoms with van der Waals surface area (Å²) in [7, 11) is 0. The summed E-state index contributed by atoms with van der Waals surface area (Å²) in [5.74, 6) is -0.137. The first-order valence-corrected chi connectivity index (χ1v) is 9.57. The van der Waals surface area contributed by atoms with Gasteiger partial charge in [0.2, 0.25) is 11.8 Å². The maximum Gasteiger partial charge on any atom is 0.232 e. The van der Waals surface area contributed by atoms with Crippen molar-refractivity contribution >= 4 is 38.5 Å². The van der Waals surface area contributed by atoms with Crippen molar-refractivity contribution in [2.24, 2.45) is 5.41 Å². The molecule has 0 saturated heterocycles. The van der Waals surface area contributed by atoms with Gasteiger partial charge < -0.3 is 10.6 Å². The van der Waals surface area contributed by atoms with Crippen LogP contribution in [0.1, 0.15) is 52.9 Å². The van der Waals surface area contributed by atoms with Crippen LogP contribution in [0.5, 0.6) is 0 Å². The molecule has 0 radical (unpaired) electrons. The van der Waals surface area contributed by atoms with E-state index in [0.717, 1.165) is 35.9 Å². The van der Waals surface area contributed by atoms with Gasteiger partial charge in [-0.25, -0.2) is 4.98 Å². The molecule has 1 aliphatic rings. The molecule has 1 aromatic heterocycles. The average molecular weight is 359 g/mol. The van der Waals surface area contributed by atoms with E-state index in [9.17, 15) is 9.59 Å². The number of nitrogens with one attached hydrogen (secondary N) is 2. The highest BCUT2D eigenvalue weighted by molar-refractivity contribution is 7.22. The van der Waals surface area contributed by atoms with E-state index in [-0.39, 0.29) is 23.8 Å². The number of fused-ring (bicyclic) bond motifs is 1. The SMILES string of the molecule is CC(C)(C)NC(=O)CC1(C(=O)Nc2nc3ccccc3s2)CCCC1. The Morgan fingerprint density at radius 3 is 2.52 bits per heavy atom. The van der Waals surface area contributed by atoms with Gasteiger partial charge in [0.15, 0.2) is 5.13 Å². The minimum absolute atomic E-state index is 0.0613. The molecule has 2 amide bonds. The van der Waals surface area contributed by atoms with E-state index < -0.39 is 5.41 Å². The van der Waals surface area contributed by atoms with Crippen LogP contribution >= 0.6 is 11.3 Å². The van der Waals surface area contributed by atoms with E-state index in [0.29, 0.717) is 5.13 Å². The molecule has 2 aromatic rings. The van der Waals surface area contributed by atoms with Crippen LogP contribution in [-0.4, -0.2) is 22.3 Å². The van der Waals surface area contributed by atoms with Crippen molar-refractivity contribution in [3.8, 4) is 0 Å². The molecule has 5 nitrogen and oxygen atoms in total. The Morgan fingerprint density at radius 1 is 1.20 bits per heavy atom. The smallest absolute Gasteiger partial charge is 0.232 e. The van der Waals surface area contributed by atoms with Gasteiger partial charge in [-0.05, 0) is 45.7 Å². The van der Waals surface area contributed by atoms with Gasteiger partial charge in [0.1, 0.15) is 0 Å². The van der Waals surface area contributed by atoms with Gasteiger partial charge in [-0.3, -0.25) is 9.59 Å². The van der Waals surface area contributed by atoms with Crippen LogP contribution in [0.2, 0.25) is 0 Å². The first-order valence-electron chi connectivity index (χ1n) is 8.76. The molecule has 0 bridgehead atoms. The van der Waals surface area contributed by atoms with Crippen LogP contribution in [0.4, 0.5) is 5.13 Å². The van der Waals surface area contributed by atoms with Gasteiger partial charge >= 0.3 is 0 Å². The molecule has 1 aliphatic carbocycles. The topological polar surface area (TPSA) is 71.1 Å². The number of carbonyl (C=O) groups is 2. The van der Waals surface area contributed by atoms with Crippen molar-refractivity contribution in [1.82, 2.24) is 10.3 Å². The second-order valence-corrected chi connectivity index (χ2v) is 8.93. The first-order chi connectivity index (χ1) is 11.8. The van der Waals surface area contributed by atoms with Crippen LogP contribution in [0.3, 0.4) is 0 Å². The number of hydrogen-bond acceptors (Lipinski definition) is 4. The quantitative estimate of drug-likeness (QED) is 0.863. The Hall–Kier alpha value is -1.95. The summed E-state index contributed by atoms with van der Waals surface area (Å²) in [5.41, 5.74) is -0.0261.